The minimum atomic E-state index is -0.0457. The third kappa shape index (κ3) is 3.39. The zero-order chi connectivity index (χ0) is 14.5. The van der Waals surface area contributed by atoms with Crippen LogP contribution < -0.4 is 15.2 Å². The molecule has 0 spiro atoms. The van der Waals surface area contributed by atoms with Crippen LogP contribution in [0.4, 0.5) is 0 Å². The quantitative estimate of drug-likeness (QED) is 0.655. The van der Waals surface area contributed by atoms with Gasteiger partial charge in [0.2, 0.25) is 0 Å². The van der Waals surface area contributed by atoms with E-state index >= 15 is 0 Å². The minimum Gasteiger partial charge on any atom is -0.497 e. The highest BCUT2D eigenvalue weighted by Crippen LogP contribution is 2.24. The van der Waals surface area contributed by atoms with Gasteiger partial charge < -0.3 is 15.2 Å². The number of halogens is 1. The Morgan fingerprint density at radius 3 is 2.75 bits per heavy atom. The zero-order valence-corrected chi connectivity index (χ0v) is 11.6. The standard InChI is InChI=1S/C14H14ClN3O2/c1-19-11-4-10(14(16)17)5-12(6-11)20-8-9-2-3-18-7-13(9)15/h2-7H,8H2,1H3,(H3,16,17). The molecule has 0 bridgehead atoms. The lowest BCUT2D eigenvalue weighted by Crippen LogP contribution is -2.11. The molecule has 0 aliphatic rings. The molecule has 0 aliphatic heterocycles. The Kier molecular flexibility index (Phi) is 4.42. The summed E-state index contributed by atoms with van der Waals surface area (Å²) in [5.74, 6) is 1.09. The number of hydrogen-bond donors (Lipinski definition) is 2. The smallest absolute Gasteiger partial charge is 0.124 e. The van der Waals surface area contributed by atoms with Crippen molar-refractivity contribution >= 4 is 17.4 Å². The summed E-state index contributed by atoms with van der Waals surface area (Å²) in [5, 5.41) is 8.02. The van der Waals surface area contributed by atoms with Crippen molar-refractivity contribution in [1.82, 2.24) is 4.98 Å². The maximum Gasteiger partial charge on any atom is 0.124 e. The van der Waals surface area contributed by atoms with Gasteiger partial charge in [-0.15, -0.1) is 0 Å². The van der Waals surface area contributed by atoms with Crippen LogP contribution in [0.15, 0.2) is 36.7 Å². The van der Waals surface area contributed by atoms with Gasteiger partial charge in [0.1, 0.15) is 23.9 Å². The average Bonchev–Trinajstić information content (AvgIpc) is 2.46. The highest BCUT2D eigenvalue weighted by atomic mass is 35.5. The molecule has 1 heterocycles. The van der Waals surface area contributed by atoms with E-state index in [0.717, 1.165) is 5.56 Å². The monoisotopic (exact) mass is 291 g/mol. The van der Waals surface area contributed by atoms with Crippen LogP contribution >= 0.6 is 11.6 Å². The SMILES string of the molecule is COc1cc(OCc2ccncc2Cl)cc(C(=N)N)c1. The maximum atomic E-state index is 7.47. The van der Waals surface area contributed by atoms with Crippen molar-refractivity contribution in [1.29, 1.82) is 5.41 Å². The average molecular weight is 292 g/mol. The molecule has 20 heavy (non-hydrogen) atoms. The van der Waals surface area contributed by atoms with Crippen LogP contribution in [0, 0.1) is 5.41 Å². The lowest BCUT2D eigenvalue weighted by Gasteiger charge is -2.11. The number of nitrogens with one attached hydrogen (secondary N) is 1. The number of hydrogen-bond acceptors (Lipinski definition) is 4. The van der Waals surface area contributed by atoms with Crippen molar-refractivity contribution in [3.05, 3.63) is 52.8 Å². The number of nitrogens with two attached hydrogens (primary N) is 1. The van der Waals surface area contributed by atoms with Crippen molar-refractivity contribution in [2.24, 2.45) is 5.73 Å². The van der Waals surface area contributed by atoms with Gasteiger partial charge in [-0.2, -0.15) is 0 Å². The first kappa shape index (κ1) is 14.1. The summed E-state index contributed by atoms with van der Waals surface area (Å²) < 4.78 is 10.8. The molecule has 6 heteroatoms. The molecule has 2 rings (SSSR count). The number of methoxy groups -OCH3 is 1. The second-order valence-corrected chi connectivity index (χ2v) is 4.47. The van der Waals surface area contributed by atoms with Gasteiger partial charge >= 0.3 is 0 Å². The van der Waals surface area contributed by atoms with Crippen LogP contribution in [0.25, 0.3) is 0 Å². The first-order valence-electron chi connectivity index (χ1n) is 5.85. The van der Waals surface area contributed by atoms with E-state index in [9.17, 15) is 0 Å². The lowest BCUT2D eigenvalue weighted by molar-refractivity contribution is 0.303. The molecule has 0 saturated carbocycles. The molecular weight excluding hydrogens is 278 g/mol. The molecule has 0 amide bonds. The number of pyridine rings is 1. The number of ether oxygens (including phenoxy) is 2. The molecule has 0 radical (unpaired) electrons. The van der Waals surface area contributed by atoms with Crippen molar-refractivity contribution in [3.63, 3.8) is 0 Å². The highest BCUT2D eigenvalue weighted by Gasteiger charge is 2.06. The Morgan fingerprint density at radius 2 is 2.10 bits per heavy atom. The molecule has 0 atom stereocenters. The maximum absolute atomic E-state index is 7.47. The van der Waals surface area contributed by atoms with Gasteiger partial charge in [0, 0.05) is 29.6 Å². The van der Waals surface area contributed by atoms with E-state index in [-0.39, 0.29) is 5.84 Å². The lowest BCUT2D eigenvalue weighted by atomic mass is 10.2. The fraction of sp³-hybridized carbons (Fsp3) is 0.143. The summed E-state index contributed by atoms with van der Waals surface area (Å²) in [6.07, 6.45) is 3.21. The summed E-state index contributed by atoms with van der Waals surface area (Å²) in [6, 6.07) is 6.87. The van der Waals surface area contributed by atoms with Gasteiger partial charge in [-0.05, 0) is 18.2 Å². The van der Waals surface area contributed by atoms with Gasteiger partial charge in [0.15, 0.2) is 0 Å². The molecule has 0 unspecified atom stereocenters. The van der Waals surface area contributed by atoms with Gasteiger partial charge in [-0.25, -0.2) is 0 Å². The van der Waals surface area contributed by atoms with E-state index in [1.54, 1.807) is 43.8 Å². The van der Waals surface area contributed by atoms with Crippen molar-refractivity contribution < 1.29 is 9.47 Å². The molecule has 2 aromatic rings. The van der Waals surface area contributed by atoms with E-state index in [1.807, 2.05) is 0 Å². The van der Waals surface area contributed by atoms with Crippen LogP contribution in [0.1, 0.15) is 11.1 Å². The summed E-state index contributed by atoms with van der Waals surface area (Å²) >= 11 is 6.01. The number of nitrogens with zero attached hydrogens (tertiary/aromatic N) is 1. The summed E-state index contributed by atoms with van der Waals surface area (Å²) in [7, 11) is 1.54. The largest absolute Gasteiger partial charge is 0.497 e. The minimum absolute atomic E-state index is 0.0457. The van der Waals surface area contributed by atoms with Crippen molar-refractivity contribution in [3.8, 4) is 11.5 Å². The van der Waals surface area contributed by atoms with E-state index in [2.05, 4.69) is 4.98 Å². The Labute approximate surface area is 121 Å². The first-order chi connectivity index (χ1) is 9.60. The summed E-state index contributed by atoms with van der Waals surface area (Å²) in [4.78, 5) is 3.91. The van der Waals surface area contributed by atoms with E-state index in [4.69, 9.17) is 32.2 Å². The second-order valence-electron chi connectivity index (χ2n) is 4.07. The fourth-order valence-electron chi connectivity index (χ4n) is 1.61. The van der Waals surface area contributed by atoms with Gasteiger partial charge in [-0.3, -0.25) is 10.4 Å². The molecule has 0 saturated heterocycles. The zero-order valence-electron chi connectivity index (χ0n) is 10.9. The molecule has 1 aromatic heterocycles. The Hall–Kier alpha value is -2.27. The van der Waals surface area contributed by atoms with E-state index in [1.165, 1.54) is 0 Å². The summed E-state index contributed by atoms with van der Waals surface area (Å²) in [6.45, 7) is 0.297. The van der Waals surface area contributed by atoms with Crippen LogP contribution in [0.5, 0.6) is 11.5 Å². The summed E-state index contributed by atoms with van der Waals surface area (Å²) in [5.41, 5.74) is 6.85. The van der Waals surface area contributed by atoms with Crippen molar-refractivity contribution in [2.45, 2.75) is 6.61 Å². The normalized spacial score (nSPS) is 10.1. The van der Waals surface area contributed by atoms with Crippen molar-refractivity contribution in [2.75, 3.05) is 7.11 Å². The Morgan fingerprint density at radius 1 is 1.35 bits per heavy atom. The number of amidine groups is 1. The van der Waals surface area contributed by atoms with Crippen LogP contribution in [0.3, 0.4) is 0 Å². The molecule has 0 fully saturated rings. The van der Waals surface area contributed by atoms with Gasteiger partial charge in [-0.1, -0.05) is 11.6 Å². The van der Waals surface area contributed by atoms with Gasteiger partial charge in [0.05, 0.1) is 12.1 Å². The highest BCUT2D eigenvalue weighted by molar-refractivity contribution is 6.31. The number of nitrogen functional groups attached to an aromatic ring is 1. The van der Waals surface area contributed by atoms with Gasteiger partial charge in [0.25, 0.3) is 0 Å². The van der Waals surface area contributed by atoms with Crippen LogP contribution in [0.2, 0.25) is 5.02 Å². The number of aromatic nitrogens is 1. The fourth-order valence-corrected chi connectivity index (χ4v) is 1.78. The number of benzene rings is 1. The Bertz CT molecular complexity index is 632. The molecule has 104 valence electrons. The topological polar surface area (TPSA) is 81.2 Å². The predicted molar refractivity (Wildman–Crippen MR) is 77.6 cm³/mol. The van der Waals surface area contributed by atoms with Crippen LogP contribution in [-0.4, -0.2) is 17.9 Å². The Balaban J connectivity index is 2.19. The molecule has 0 aliphatic carbocycles. The molecule has 1 aromatic carbocycles. The van der Waals surface area contributed by atoms with E-state index < -0.39 is 0 Å². The molecule has 3 N–H and O–H groups in total. The third-order valence-electron chi connectivity index (χ3n) is 2.68. The second kappa shape index (κ2) is 6.25. The molecule has 5 nitrogen and oxygen atoms in total. The number of rotatable bonds is 5. The third-order valence-corrected chi connectivity index (χ3v) is 3.02. The molecular formula is C14H14ClN3O2. The first-order valence-corrected chi connectivity index (χ1v) is 6.22. The van der Waals surface area contributed by atoms with E-state index in [0.29, 0.717) is 28.7 Å². The predicted octanol–water partition coefficient (Wildman–Crippen LogP) is 2.61. The van der Waals surface area contributed by atoms with Crippen LogP contribution in [-0.2, 0) is 6.61 Å².